The second-order valence-electron chi connectivity index (χ2n) is 3.47. The van der Waals surface area contributed by atoms with Crippen LogP contribution in [0.15, 0.2) is 0 Å². The molecule has 1 aliphatic heterocycles. The summed E-state index contributed by atoms with van der Waals surface area (Å²) in [4.78, 5) is 35.5. The van der Waals surface area contributed by atoms with E-state index in [1.54, 1.807) is 0 Å². The molecule has 0 spiro atoms. The largest absolute Gasteiger partial charge is 0.467 e. The Hall–Kier alpha value is -0.600. The summed E-state index contributed by atoms with van der Waals surface area (Å²) in [5.74, 6) is 0.118. The summed E-state index contributed by atoms with van der Waals surface area (Å²) in [6.45, 7) is 1.45. The minimum atomic E-state index is -0.637. The normalized spacial score (nSPS) is 18.9. The molecular formula is C10H13NO4S3. The molecule has 0 saturated carbocycles. The Labute approximate surface area is 119 Å². The van der Waals surface area contributed by atoms with Gasteiger partial charge in [-0.15, -0.1) is 0 Å². The van der Waals surface area contributed by atoms with Gasteiger partial charge in [-0.05, 0) is 0 Å². The van der Waals surface area contributed by atoms with Gasteiger partial charge >= 0.3 is 5.97 Å². The van der Waals surface area contributed by atoms with Gasteiger partial charge in [0, 0.05) is 24.9 Å². The molecule has 1 unspecified atom stereocenters. The van der Waals surface area contributed by atoms with Crippen molar-refractivity contribution in [1.82, 2.24) is 4.90 Å². The van der Waals surface area contributed by atoms with Gasteiger partial charge in [-0.3, -0.25) is 14.5 Å². The Bertz CT molecular complexity index is 385. The molecule has 1 amide bonds. The van der Waals surface area contributed by atoms with Crippen molar-refractivity contribution in [3.05, 3.63) is 0 Å². The molecule has 8 heteroatoms. The molecule has 18 heavy (non-hydrogen) atoms. The van der Waals surface area contributed by atoms with E-state index in [1.807, 2.05) is 0 Å². The number of thioether (sulfide) groups is 2. The van der Waals surface area contributed by atoms with Crippen molar-refractivity contribution in [2.75, 3.05) is 18.6 Å². The van der Waals surface area contributed by atoms with E-state index in [0.717, 1.165) is 11.8 Å². The Balaban J connectivity index is 2.60. The van der Waals surface area contributed by atoms with Crippen LogP contribution in [0.4, 0.5) is 0 Å². The Morgan fingerprint density at radius 1 is 1.56 bits per heavy atom. The third-order valence-electron chi connectivity index (χ3n) is 2.24. The molecule has 1 saturated heterocycles. The molecule has 0 aliphatic carbocycles. The fourth-order valence-corrected chi connectivity index (χ4v) is 3.36. The molecule has 0 aromatic heterocycles. The highest BCUT2D eigenvalue weighted by Crippen LogP contribution is 2.26. The first-order chi connectivity index (χ1) is 8.47. The zero-order chi connectivity index (χ0) is 13.7. The highest BCUT2D eigenvalue weighted by molar-refractivity contribution is 8.23. The van der Waals surface area contributed by atoms with Crippen LogP contribution in [0.25, 0.3) is 0 Å². The van der Waals surface area contributed by atoms with E-state index >= 15 is 0 Å². The van der Waals surface area contributed by atoms with Gasteiger partial charge in [0.2, 0.25) is 5.91 Å². The van der Waals surface area contributed by atoms with Crippen molar-refractivity contribution in [1.29, 1.82) is 0 Å². The fraction of sp³-hybridized carbons (Fsp3) is 0.600. The number of carbonyl (C=O) groups is 3. The average Bonchev–Trinajstić information content (AvgIpc) is 2.69. The Morgan fingerprint density at radius 3 is 2.78 bits per heavy atom. The van der Waals surface area contributed by atoms with Crippen molar-refractivity contribution in [3.63, 3.8) is 0 Å². The molecule has 100 valence electrons. The fourth-order valence-electron chi connectivity index (χ4n) is 1.41. The molecule has 0 radical (unpaired) electrons. The summed E-state index contributed by atoms with van der Waals surface area (Å²) in [6, 6.07) is -0.637. The van der Waals surface area contributed by atoms with Gasteiger partial charge in [-0.2, -0.15) is 0 Å². The van der Waals surface area contributed by atoms with Gasteiger partial charge in [0.05, 0.1) is 7.11 Å². The summed E-state index contributed by atoms with van der Waals surface area (Å²) in [7, 11) is 1.28. The molecule has 0 N–H and O–H groups in total. The third kappa shape index (κ3) is 3.96. The first-order valence-corrected chi connectivity index (χ1v) is 7.55. The second-order valence-corrected chi connectivity index (χ2v) is 6.40. The lowest BCUT2D eigenvalue weighted by Crippen LogP contribution is -2.44. The molecule has 0 bridgehead atoms. The highest BCUT2D eigenvalue weighted by Gasteiger charge is 2.38. The topological polar surface area (TPSA) is 63.7 Å². The molecule has 5 nitrogen and oxygen atoms in total. The van der Waals surface area contributed by atoms with Crippen molar-refractivity contribution >= 4 is 57.1 Å². The molecule has 1 rings (SSSR count). The first-order valence-electron chi connectivity index (χ1n) is 5.17. The lowest BCUT2D eigenvalue weighted by atomic mass is 10.3. The molecular weight excluding hydrogens is 294 g/mol. The van der Waals surface area contributed by atoms with Crippen LogP contribution in [0.1, 0.15) is 13.3 Å². The van der Waals surface area contributed by atoms with Crippen molar-refractivity contribution in [2.24, 2.45) is 0 Å². The minimum absolute atomic E-state index is 0.0364. The van der Waals surface area contributed by atoms with Crippen LogP contribution in [-0.4, -0.2) is 50.9 Å². The third-order valence-corrected chi connectivity index (χ3v) is 4.53. The minimum Gasteiger partial charge on any atom is -0.467 e. The summed E-state index contributed by atoms with van der Waals surface area (Å²) in [5.41, 5.74) is 0. The maximum atomic E-state index is 12.0. The van der Waals surface area contributed by atoms with Gasteiger partial charge in [-0.1, -0.05) is 35.7 Å². The van der Waals surface area contributed by atoms with Gasteiger partial charge in [0.15, 0.2) is 5.12 Å². The van der Waals surface area contributed by atoms with E-state index in [9.17, 15) is 14.4 Å². The summed E-state index contributed by atoms with van der Waals surface area (Å²) in [5, 5.41) is -0.0364. The number of nitrogens with zero attached hydrogens (tertiary/aromatic N) is 1. The molecule has 0 aromatic carbocycles. The molecule has 1 heterocycles. The number of hydrogen-bond acceptors (Lipinski definition) is 7. The van der Waals surface area contributed by atoms with Gasteiger partial charge in [0.1, 0.15) is 10.4 Å². The monoisotopic (exact) mass is 307 g/mol. The lowest BCUT2D eigenvalue weighted by Gasteiger charge is -2.21. The summed E-state index contributed by atoms with van der Waals surface area (Å²) in [6.07, 6.45) is 0.179. The van der Waals surface area contributed by atoms with Crippen molar-refractivity contribution in [3.8, 4) is 0 Å². The quantitative estimate of drug-likeness (QED) is 0.568. The number of amides is 1. The van der Waals surface area contributed by atoms with Crippen molar-refractivity contribution in [2.45, 2.75) is 19.4 Å². The van der Waals surface area contributed by atoms with E-state index in [-0.39, 0.29) is 17.4 Å². The number of methoxy groups -OCH3 is 1. The maximum absolute atomic E-state index is 12.0. The molecule has 1 aliphatic rings. The van der Waals surface area contributed by atoms with Crippen molar-refractivity contribution < 1.29 is 19.1 Å². The van der Waals surface area contributed by atoms with Crippen LogP contribution in [-0.2, 0) is 19.1 Å². The molecule has 1 fully saturated rings. The highest BCUT2D eigenvalue weighted by atomic mass is 32.2. The standard InChI is InChI=1S/C10H13NO4S3/c1-6(12)17-4-3-8(13)11-7(9(14)15-2)5-18-10(11)16/h7H,3-5H2,1-2H3. The first kappa shape index (κ1) is 15.5. The maximum Gasteiger partial charge on any atom is 0.329 e. The van der Waals surface area contributed by atoms with Crippen LogP contribution >= 0.6 is 35.7 Å². The Kier molecular flexibility index (Phi) is 6.10. The lowest BCUT2D eigenvalue weighted by molar-refractivity contribution is -0.148. The summed E-state index contributed by atoms with van der Waals surface area (Å²) >= 11 is 7.42. The zero-order valence-corrected chi connectivity index (χ0v) is 12.5. The second kappa shape index (κ2) is 7.10. The molecule has 1 atom stereocenters. The van der Waals surface area contributed by atoms with Crippen LogP contribution in [0.5, 0.6) is 0 Å². The number of ether oxygens (including phenoxy) is 1. The zero-order valence-electron chi connectivity index (χ0n) is 10.0. The van der Waals surface area contributed by atoms with Gasteiger partial charge in [-0.25, -0.2) is 4.79 Å². The number of hydrogen-bond donors (Lipinski definition) is 0. The molecule has 0 aromatic rings. The average molecular weight is 307 g/mol. The number of thiocarbonyl (C=S) groups is 1. The van der Waals surface area contributed by atoms with Gasteiger partial charge < -0.3 is 4.74 Å². The van der Waals surface area contributed by atoms with Crippen LogP contribution in [0.3, 0.4) is 0 Å². The predicted octanol–water partition coefficient (Wildman–Crippen LogP) is 1.06. The van der Waals surface area contributed by atoms with E-state index < -0.39 is 12.0 Å². The SMILES string of the molecule is COC(=O)C1CSC(=S)N1C(=O)CCSC(C)=O. The van der Waals surface area contributed by atoms with E-state index in [4.69, 9.17) is 12.2 Å². The Morgan fingerprint density at radius 2 is 2.22 bits per heavy atom. The number of esters is 1. The number of carbonyl (C=O) groups excluding carboxylic acids is 3. The van der Waals surface area contributed by atoms with Crippen LogP contribution in [0.2, 0.25) is 0 Å². The van der Waals surface area contributed by atoms with Crippen LogP contribution in [0, 0.1) is 0 Å². The van der Waals surface area contributed by atoms with Crippen LogP contribution < -0.4 is 0 Å². The van der Waals surface area contributed by atoms with E-state index in [0.29, 0.717) is 15.8 Å². The predicted molar refractivity (Wildman–Crippen MR) is 75.5 cm³/mol. The van der Waals surface area contributed by atoms with E-state index in [1.165, 1.54) is 30.7 Å². The van der Waals surface area contributed by atoms with E-state index in [2.05, 4.69) is 4.74 Å². The number of rotatable bonds is 4. The van der Waals surface area contributed by atoms with Gasteiger partial charge in [0.25, 0.3) is 0 Å². The smallest absolute Gasteiger partial charge is 0.329 e. The summed E-state index contributed by atoms with van der Waals surface area (Å²) < 4.78 is 5.03.